The van der Waals surface area contributed by atoms with Crippen LogP contribution in [0.3, 0.4) is 0 Å². The Morgan fingerprint density at radius 2 is 1.52 bits per heavy atom. The monoisotopic (exact) mass is 503 g/mol. The summed E-state index contributed by atoms with van der Waals surface area (Å²) in [5, 5.41) is 0. The van der Waals surface area contributed by atoms with Crippen molar-refractivity contribution in [2.24, 2.45) is 0 Å². The normalized spacial score (nSPS) is 25.1. The summed E-state index contributed by atoms with van der Waals surface area (Å²) in [6.07, 6.45) is -4.87. The Hall–Kier alpha value is -2.73. The Labute approximate surface area is 186 Å². The topological polar surface area (TPSA) is 137 Å². The highest BCUT2D eigenvalue weighted by Gasteiger charge is 2.53. The van der Waals surface area contributed by atoms with Gasteiger partial charge < -0.3 is 28.4 Å². The number of halogens is 1. The summed E-state index contributed by atoms with van der Waals surface area (Å²) in [6.45, 7) is 4.26. The van der Waals surface area contributed by atoms with E-state index in [-0.39, 0.29) is 12.5 Å². The maximum atomic E-state index is 11.8. The summed E-state index contributed by atoms with van der Waals surface area (Å²) in [5.74, 6) is -2.68. The van der Waals surface area contributed by atoms with Gasteiger partial charge in [0.25, 0.3) is 0 Å². The van der Waals surface area contributed by atoms with Crippen molar-refractivity contribution < 1.29 is 47.6 Å². The van der Waals surface area contributed by atoms with Gasteiger partial charge in [-0.05, 0) is 28.1 Å². The van der Waals surface area contributed by atoms with Crippen LogP contribution < -0.4 is 4.74 Å². The van der Waals surface area contributed by atoms with E-state index in [2.05, 4.69) is 20.9 Å². The van der Waals surface area contributed by atoms with E-state index >= 15 is 0 Å². The predicted octanol–water partition coefficient (Wildman–Crippen LogP) is 1.31. The second-order valence-electron chi connectivity index (χ2n) is 6.48. The molecule has 0 amide bonds. The van der Waals surface area contributed by atoms with Gasteiger partial charge in [-0.3, -0.25) is 19.2 Å². The molecule has 1 aliphatic heterocycles. The number of ether oxygens (including phenoxy) is 6. The fourth-order valence-corrected chi connectivity index (χ4v) is 3.20. The molecule has 1 aromatic rings. The smallest absolute Gasteiger partial charge is 0.303 e. The molecule has 0 radical (unpaired) electrons. The summed E-state index contributed by atoms with van der Waals surface area (Å²) in [7, 11) is 0. The second-order valence-corrected chi connectivity index (χ2v) is 7.33. The minimum atomic E-state index is -1.34. The van der Waals surface area contributed by atoms with Gasteiger partial charge in [-0.2, -0.15) is 0 Å². The zero-order chi connectivity index (χ0) is 23.1. The molecule has 0 unspecified atom stereocenters. The molecule has 2 rings (SSSR count). The molecule has 1 aromatic heterocycles. The van der Waals surface area contributed by atoms with Gasteiger partial charge >= 0.3 is 23.9 Å². The van der Waals surface area contributed by atoms with Crippen molar-refractivity contribution in [2.75, 3.05) is 6.61 Å². The fraction of sp³-hybridized carbons (Fsp3) is 0.526. The Balaban J connectivity index is 2.46. The van der Waals surface area contributed by atoms with Gasteiger partial charge in [0.15, 0.2) is 12.2 Å². The summed E-state index contributed by atoms with van der Waals surface area (Å²) in [5.41, 5.74) is 0. The molecule has 0 aliphatic carbocycles. The number of carbonyl (C=O) groups excluding carboxylic acids is 4. The largest absolute Gasteiger partial charge is 0.463 e. The van der Waals surface area contributed by atoms with Crippen LogP contribution in [-0.4, -0.2) is 66.2 Å². The molecule has 1 aliphatic rings. The Bertz CT molecular complexity index is 832. The quantitative estimate of drug-likeness (QED) is 0.393. The lowest BCUT2D eigenvalue weighted by atomic mass is 9.98. The van der Waals surface area contributed by atoms with Gasteiger partial charge in [0.1, 0.15) is 12.7 Å². The molecular formula is C19H22BrNO10. The highest BCUT2D eigenvalue weighted by Crippen LogP contribution is 2.32. The number of rotatable bonds is 7. The van der Waals surface area contributed by atoms with Crippen molar-refractivity contribution in [3.63, 3.8) is 0 Å². The number of carbonyl (C=O) groups is 4. The van der Waals surface area contributed by atoms with Crippen molar-refractivity contribution in [2.45, 2.75) is 58.4 Å². The number of esters is 4. The lowest BCUT2D eigenvalue weighted by Gasteiger charge is -2.43. The lowest BCUT2D eigenvalue weighted by Crippen LogP contribution is -2.63. The van der Waals surface area contributed by atoms with E-state index in [1.165, 1.54) is 13.1 Å². The standard InChI is InChI=1S/C19H22BrNO10/c1-9(22)26-8-14-15(27-10(2)23)16(28-11(3)24)17(29-12(4)25)19(30-14)31-18-13(20)6-5-7-21-18/h5-7,14-17,19H,8H2,1-4H3/t14-,15-,16+,17-,19-/m1/s1. The van der Waals surface area contributed by atoms with Crippen molar-refractivity contribution in [1.82, 2.24) is 4.98 Å². The molecule has 170 valence electrons. The highest BCUT2D eigenvalue weighted by atomic mass is 79.9. The van der Waals surface area contributed by atoms with Gasteiger partial charge in [0.2, 0.25) is 18.3 Å². The molecule has 0 saturated carbocycles. The molecule has 0 bridgehead atoms. The van der Waals surface area contributed by atoms with Crippen LogP contribution in [0.25, 0.3) is 0 Å². The number of hydrogen-bond acceptors (Lipinski definition) is 11. The SMILES string of the molecule is CC(=O)OC[C@H]1O[C@H](Oc2ncccc2Br)[C@H](OC(C)=O)[C@@H](OC(C)=O)[C@@H]1OC(C)=O. The zero-order valence-electron chi connectivity index (χ0n) is 17.2. The van der Waals surface area contributed by atoms with E-state index in [1.54, 1.807) is 12.1 Å². The van der Waals surface area contributed by atoms with Crippen LogP contribution in [0.5, 0.6) is 5.88 Å². The fourth-order valence-electron chi connectivity index (χ4n) is 2.85. The molecule has 0 aromatic carbocycles. The average molecular weight is 504 g/mol. The first-order valence-corrected chi connectivity index (χ1v) is 9.95. The van der Waals surface area contributed by atoms with E-state index < -0.39 is 54.6 Å². The third-order valence-electron chi connectivity index (χ3n) is 3.90. The zero-order valence-corrected chi connectivity index (χ0v) is 18.8. The molecule has 0 N–H and O–H groups in total. The molecule has 11 nitrogen and oxygen atoms in total. The Morgan fingerprint density at radius 3 is 2.06 bits per heavy atom. The minimum Gasteiger partial charge on any atom is -0.463 e. The van der Waals surface area contributed by atoms with Crippen LogP contribution in [-0.2, 0) is 42.9 Å². The van der Waals surface area contributed by atoms with Crippen LogP contribution in [0.2, 0.25) is 0 Å². The van der Waals surface area contributed by atoms with Gasteiger partial charge in [-0.25, -0.2) is 4.98 Å². The van der Waals surface area contributed by atoms with E-state index in [4.69, 9.17) is 28.4 Å². The number of aromatic nitrogens is 1. The van der Waals surface area contributed by atoms with Crippen LogP contribution in [0, 0.1) is 0 Å². The first-order chi connectivity index (χ1) is 14.6. The molecule has 2 heterocycles. The van der Waals surface area contributed by atoms with Gasteiger partial charge in [0.05, 0.1) is 4.47 Å². The Kier molecular flexibility index (Phi) is 8.75. The second kappa shape index (κ2) is 11.0. The van der Waals surface area contributed by atoms with E-state index in [0.717, 1.165) is 20.8 Å². The van der Waals surface area contributed by atoms with Gasteiger partial charge in [0, 0.05) is 33.9 Å². The van der Waals surface area contributed by atoms with Crippen LogP contribution in [0.1, 0.15) is 27.7 Å². The number of pyridine rings is 1. The summed E-state index contributed by atoms with van der Waals surface area (Å²) in [4.78, 5) is 50.6. The minimum absolute atomic E-state index is 0.100. The van der Waals surface area contributed by atoms with E-state index in [1.807, 2.05) is 0 Å². The van der Waals surface area contributed by atoms with Crippen LogP contribution in [0.15, 0.2) is 22.8 Å². The highest BCUT2D eigenvalue weighted by molar-refractivity contribution is 9.10. The Morgan fingerprint density at radius 1 is 0.935 bits per heavy atom. The molecule has 1 fully saturated rings. The third-order valence-corrected chi connectivity index (χ3v) is 4.50. The molecular weight excluding hydrogens is 482 g/mol. The van der Waals surface area contributed by atoms with Crippen LogP contribution >= 0.6 is 15.9 Å². The average Bonchev–Trinajstić information content (AvgIpc) is 2.65. The van der Waals surface area contributed by atoms with Crippen molar-refractivity contribution >= 4 is 39.8 Å². The summed E-state index contributed by atoms with van der Waals surface area (Å²) < 4.78 is 33.0. The maximum absolute atomic E-state index is 11.8. The molecule has 1 saturated heterocycles. The summed E-state index contributed by atoms with van der Waals surface area (Å²) >= 11 is 3.28. The first-order valence-electron chi connectivity index (χ1n) is 9.16. The maximum Gasteiger partial charge on any atom is 0.303 e. The first kappa shape index (κ1) is 24.5. The van der Waals surface area contributed by atoms with Gasteiger partial charge in [-0.15, -0.1) is 0 Å². The summed E-state index contributed by atoms with van der Waals surface area (Å²) in [6, 6.07) is 3.32. The molecule has 31 heavy (non-hydrogen) atoms. The van der Waals surface area contributed by atoms with Crippen molar-refractivity contribution in [1.29, 1.82) is 0 Å². The number of hydrogen-bond donors (Lipinski definition) is 0. The third kappa shape index (κ3) is 7.17. The number of nitrogens with zero attached hydrogens (tertiary/aromatic N) is 1. The molecule has 12 heteroatoms. The predicted molar refractivity (Wildman–Crippen MR) is 105 cm³/mol. The molecule has 0 spiro atoms. The van der Waals surface area contributed by atoms with Crippen LogP contribution in [0.4, 0.5) is 0 Å². The lowest BCUT2D eigenvalue weighted by molar-refractivity contribution is -0.289. The van der Waals surface area contributed by atoms with Crippen molar-refractivity contribution in [3.05, 3.63) is 22.8 Å². The van der Waals surface area contributed by atoms with E-state index in [9.17, 15) is 19.2 Å². The molecule has 5 atom stereocenters. The van der Waals surface area contributed by atoms with Gasteiger partial charge in [-0.1, -0.05) is 0 Å². The van der Waals surface area contributed by atoms with E-state index in [0.29, 0.717) is 4.47 Å². The van der Waals surface area contributed by atoms with Crippen molar-refractivity contribution in [3.8, 4) is 5.88 Å².